The molecule has 1 unspecified atom stereocenters. The van der Waals surface area contributed by atoms with Gasteiger partial charge >= 0.3 is 8.72 Å². The molecule has 1 aliphatic rings. The lowest BCUT2D eigenvalue weighted by Gasteiger charge is -2.40. The third-order valence-electron chi connectivity index (χ3n) is 3.45. The number of nitrogens with zero attached hydrogens (tertiary/aromatic N) is 1. The fourth-order valence-corrected chi connectivity index (χ4v) is 6.18. The van der Waals surface area contributed by atoms with Crippen LogP contribution in [0.2, 0.25) is 0 Å². The fraction of sp³-hybridized carbons (Fsp3) is 0.571. The standard InChI is InChI=1S/C14H23NO2Si/c1-14(2,3)15-10-11-17-18(15,16-4)12-13-8-6-5-7-9-13/h5-9H,10-12H2,1-4H3. The summed E-state index contributed by atoms with van der Waals surface area (Å²) in [5.41, 5.74) is 1.38. The largest absolute Gasteiger partial charge is 0.432 e. The molecule has 1 fully saturated rings. The van der Waals surface area contributed by atoms with Crippen molar-refractivity contribution in [2.45, 2.75) is 32.4 Å². The van der Waals surface area contributed by atoms with Gasteiger partial charge in [-0.3, -0.25) is 4.57 Å². The SMILES string of the molecule is CO[Si]1(Cc2ccccc2)OCCN1C(C)(C)C. The summed E-state index contributed by atoms with van der Waals surface area (Å²) in [4.78, 5) is 0. The van der Waals surface area contributed by atoms with Gasteiger partial charge in [0.25, 0.3) is 0 Å². The lowest BCUT2D eigenvalue weighted by Crippen LogP contribution is -2.61. The maximum absolute atomic E-state index is 6.08. The lowest BCUT2D eigenvalue weighted by molar-refractivity contribution is 0.168. The minimum Gasteiger partial charge on any atom is -0.386 e. The van der Waals surface area contributed by atoms with Crippen molar-refractivity contribution in [3.8, 4) is 0 Å². The van der Waals surface area contributed by atoms with E-state index in [0.29, 0.717) is 0 Å². The van der Waals surface area contributed by atoms with Crippen molar-refractivity contribution in [2.75, 3.05) is 20.3 Å². The van der Waals surface area contributed by atoms with Crippen molar-refractivity contribution in [1.82, 2.24) is 4.57 Å². The molecule has 1 atom stereocenters. The minimum absolute atomic E-state index is 0.0908. The van der Waals surface area contributed by atoms with Gasteiger partial charge in [-0.05, 0) is 26.3 Å². The van der Waals surface area contributed by atoms with Gasteiger partial charge in [0.2, 0.25) is 0 Å². The van der Waals surface area contributed by atoms with E-state index in [0.717, 1.165) is 19.2 Å². The Kier molecular flexibility index (Phi) is 3.92. The molecule has 1 saturated heterocycles. The molecule has 0 aromatic heterocycles. The van der Waals surface area contributed by atoms with Crippen LogP contribution in [0.4, 0.5) is 0 Å². The molecular formula is C14H23NO2Si. The minimum atomic E-state index is -2.28. The highest BCUT2D eigenvalue weighted by Gasteiger charge is 2.52. The van der Waals surface area contributed by atoms with Crippen LogP contribution in [0.25, 0.3) is 0 Å². The van der Waals surface area contributed by atoms with Crippen LogP contribution in [0.3, 0.4) is 0 Å². The summed E-state index contributed by atoms with van der Waals surface area (Å²) in [6.07, 6.45) is 0. The van der Waals surface area contributed by atoms with Gasteiger partial charge in [-0.25, -0.2) is 0 Å². The van der Waals surface area contributed by atoms with E-state index in [2.05, 4.69) is 49.6 Å². The second-order valence-electron chi connectivity index (χ2n) is 5.75. The van der Waals surface area contributed by atoms with Crippen LogP contribution in [-0.4, -0.2) is 39.1 Å². The van der Waals surface area contributed by atoms with Crippen molar-refractivity contribution < 1.29 is 8.85 Å². The van der Waals surface area contributed by atoms with Gasteiger partial charge in [0, 0.05) is 31.8 Å². The third-order valence-corrected chi connectivity index (χ3v) is 7.32. The average Bonchev–Trinajstić information content (AvgIpc) is 2.74. The Labute approximate surface area is 111 Å². The van der Waals surface area contributed by atoms with Crippen LogP contribution in [0.1, 0.15) is 26.3 Å². The van der Waals surface area contributed by atoms with Crippen molar-refractivity contribution in [1.29, 1.82) is 0 Å². The van der Waals surface area contributed by atoms with E-state index < -0.39 is 8.72 Å². The highest BCUT2D eigenvalue weighted by atomic mass is 28.4. The zero-order valence-electron chi connectivity index (χ0n) is 11.8. The first kappa shape index (κ1) is 13.7. The molecule has 3 nitrogen and oxygen atoms in total. The summed E-state index contributed by atoms with van der Waals surface area (Å²) < 4.78 is 14.4. The Morgan fingerprint density at radius 3 is 2.50 bits per heavy atom. The summed E-state index contributed by atoms with van der Waals surface area (Å²) in [6, 6.07) is 11.4. The van der Waals surface area contributed by atoms with Crippen LogP contribution in [0.5, 0.6) is 0 Å². The number of rotatable bonds is 3. The van der Waals surface area contributed by atoms with Gasteiger partial charge in [-0.1, -0.05) is 30.3 Å². The molecule has 1 aromatic carbocycles. The molecule has 0 spiro atoms. The van der Waals surface area contributed by atoms with E-state index in [-0.39, 0.29) is 5.54 Å². The van der Waals surface area contributed by atoms with Crippen LogP contribution in [-0.2, 0) is 14.9 Å². The van der Waals surface area contributed by atoms with Crippen LogP contribution < -0.4 is 0 Å². The molecule has 1 heterocycles. The van der Waals surface area contributed by atoms with Gasteiger partial charge in [-0.15, -0.1) is 0 Å². The maximum atomic E-state index is 6.08. The van der Waals surface area contributed by atoms with Crippen molar-refractivity contribution >= 4 is 8.72 Å². The van der Waals surface area contributed by atoms with Crippen LogP contribution in [0.15, 0.2) is 30.3 Å². The molecule has 0 bridgehead atoms. The Morgan fingerprint density at radius 1 is 1.28 bits per heavy atom. The fourth-order valence-electron chi connectivity index (χ4n) is 2.63. The van der Waals surface area contributed by atoms with Crippen molar-refractivity contribution in [3.63, 3.8) is 0 Å². The zero-order valence-corrected chi connectivity index (χ0v) is 12.8. The Morgan fingerprint density at radius 2 is 1.94 bits per heavy atom. The molecule has 4 heteroatoms. The molecule has 100 valence electrons. The van der Waals surface area contributed by atoms with Crippen LogP contribution in [0, 0.1) is 0 Å². The molecule has 1 aliphatic heterocycles. The van der Waals surface area contributed by atoms with Gasteiger partial charge in [0.05, 0.1) is 0 Å². The zero-order chi connectivity index (χ0) is 13.2. The lowest BCUT2D eigenvalue weighted by atomic mass is 10.1. The smallest absolute Gasteiger partial charge is 0.386 e. The summed E-state index contributed by atoms with van der Waals surface area (Å²) in [5.74, 6) is 0. The normalized spacial score (nSPS) is 25.6. The molecule has 1 aromatic rings. The summed E-state index contributed by atoms with van der Waals surface area (Å²) in [6.45, 7) is 8.44. The molecule has 0 radical (unpaired) electrons. The first-order valence-corrected chi connectivity index (χ1v) is 8.46. The Balaban J connectivity index is 2.25. The summed E-state index contributed by atoms with van der Waals surface area (Å²) >= 11 is 0. The van der Waals surface area contributed by atoms with Crippen molar-refractivity contribution in [3.05, 3.63) is 35.9 Å². The predicted octanol–water partition coefficient (Wildman–Crippen LogP) is 2.48. The van der Waals surface area contributed by atoms with E-state index in [1.807, 2.05) is 6.07 Å². The van der Waals surface area contributed by atoms with Crippen molar-refractivity contribution in [2.24, 2.45) is 0 Å². The second kappa shape index (κ2) is 5.13. The second-order valence-corrected chi connectivity index (χ2v) is 8.77. The first-order chi connectivity index (χ1) is 8.48. The number of hydrogen-bond acceptors (Lipinski definition) is 3. The highest BCUT2D eigenvalue weighted by molar-refractivity contribution is 6.64. The van der Waals surface area contributed by atoms with E-state index in [9.17, 15) is 0 Å². The van der Waals surface area contributed by atoms with Gasteiger partial charge in [-0.2, -0.15) is 0 Å². The molecule has 0 N–H and O–H groups in total. The highest BCUT2D eigenvalue weighted by Crippen LogP contribution is 2.30. The van der Waals surface area contributed by atoms with Gasteiger partial charge in [0.1, 0.15) is 0 Å². The topological polar surface area (TPSA) is 21.7 Å². The quantitative estimate of drug-likeness (QED) is 0.784. The van der Waals surface area contributed by atoms with E-state index in [4.69, 9.17) is 8.85 Å². The Bertz CT molecular complexity index is 391. The third kappa shape index (κ3) is 2.67. The summed E-state index contributed by atoms with van der Waals surface area (Å²) in [5, 5.41) is 0. The van der Waals surface area contributed by atoms with E-state index >= 15 is 0 Å². The molecule has 0 saturated carbocycles. The molecule has 0 aliphatic carbocycles. The predicted molar refractivity (Wildman–Crippen MR) is 75.3 cm³/mol. The monoisotopic (exact) mass is 265 g/mol. The molecular weight excluding hydrogens is 242 g/mol. The van der Waals surface area contributed by atoms with E-state index in [1.165, 1.54) is 5.56 Å². The maximum Gasteiger partial charge on any atom is 0.432 e. The summed E-state index contributed by atoms with van der Waals surface area (Å²) in [7, 11) is -0.488. The van der Waals surface area contributed by atoms with Gasteiger partial charge in [0.15, 0.2) is 0 Å². The number of benzene rings is 1. The average molecular weight is 265 g/mol. The molecule has 0 amide bonds. The first-order valence-electron chi connectivity index (χ1n) is 6.49. The van der Waals surface area contributed by atoms with E-state index in [1.54, 1.807) is 7.11 Å². The Hall–Kier alpha value is -0.683. The molecule has 18 heavy (non-hydrogen) atoms. The van der Waals surface area contributed by atoms with Crippen LogP contribution >= 0.6 is 0 Å². The molecule has 2 rings (SSSR count). The van der Waals surface area contributed by atoms with Gasteiger partial charge < -0.3 is 8.85 Å². The number of hydrogen-bond donors (Lipinski definition) is 0.